The molecule has 1 saturated heterocycles. The number of piperazine rings is 1. The molecule has 1 aliphatic heterocycles. The summed E-state index contributed by atoms with van der Waals surface area (Å²) in [4.78, 5) is 16.4. The maximum atomic E-state index is 11.5. The molecule has 0 aliphatic carbocycles. The monoisotopic (exact) mass is 290 g/mol. The van der Waals surface area contributed by atoms with Gasteiger partial charge in [0.1, 0.15) is 0 Å². The zero-order valence-corrected chi connectivity index (χ0v) is 13.0. The molecule has 0 spiro atoms. The number of para-hydroxylation sites is 1. The van der Waals surface area contributed by atoms with Crippen molar-refractivity contribution in [1.82, 2.24) is 15.5 Å². The van der Waals surface area contributed by atoms with Crippen LogP contribution in [0, 0.1) is 0 Å². The van der Waals surface area contributed by atoms with Gasteiger partial charge in [-0.15, -0.1) is 0 Å². The fourth-order valence-corrected chi connectivity index (χ4v) is 2.75. The first-order valence-corrected chi connectivity index (χ1v) is 7.65. The minimum atomic E-state index is 0.0629. The Kier molecular flexibility index (Phi) is 6.02. The van der Waals surface area contributed by atoms with Crippen LogP contribution in [0.1, 0.15) is 6.92 Å². The van der Waals surface area contributed by atoms with Crippen LogP contribution in [0.3, 0.4) is 0 Å². The van der Waals surface area contributed by atoms with E-state index in [1.165, 1.54) is 5.69 Å². The summed E-state index contributed by atoms with van der Waals surface area (Å²) in [5, 5.41) is 5.88. The number of carbonyl (C=O) groups excluding carboxylic acids is 1. The molecule has 1 unspecified atom stereocenters. The second-order valence-electron chi connectivity index (χ2n) is 5.62. The number of amides is 1. The summed E-state index contributed by atoms with van der Waals surface area (Å²) in [7, 11) is 1.78. The van der Waals surface area contributed by atoms with Crippen LogP contribution < -0.4 is 15.5 Å². The molecule has 1 atom stereocenters. The number of carbonyl (C=O) groups is 1. The molecule has 5 heteroatoms. The van der Waals surface area contributed by atoms with E-state index in [1.54, 1.807) is 7.05 Å². The Morgan fingerprint density at radius 2 is 1.86 bits per heavy atom. The average molecular weight is 290 g/mol. The first-order chi connectivity index (χ1) is 10.2. The molecule has 0 radical (unpaired) electrons. The largest absolute Gasteiger partial charge is 0.369 e. The molecule has 21 heavy (non-hydrogen) atoms. The SMILES string of the molecule is CNCC(=O)NC(C)CN1CCN(c2ccccc2)CC1. The Bertz CT molecular complexity index is 429. The molecular weight excluding hydrogens is 264 g/mol. The summed E-state index contributed by atoms with van der Waals surface area (Å²) in [5.74, 6) is 0.0629. The maximum absolute atomic E-state index is 11.5. The van der Waals surface area contributed by atoms with Crippen molar-refractivity contribution < 1.29 is 4.79 Å². The standard InChI is InChI=1S/C16H26N4O/c1-14(18-16(21)12-17-2)13-19-8-10-20(11-9-19)15-6-4-3-5-7-15/h3-7,14,17H,8-13H2,1-2H3,(H,18,21). The molecule has 0 aromatic heterocycles. The van der Waals surface area contributed by atoms with Crippen LogP contribution in [0.25, 0.3) is 0 Å². The second kappa shape index (κ2) is 8.00. The zero-order valence-electron chi connectivity index (χ0n) is 13.0. The van der Waals surface area contributed by atoms with Crippen LogP contribution in [0.2, 0.25) is 0 Å². The summed E-state index contributed by atoms with van der Waals surface area (Å²) >= 11 is 0. The Balaban J connectivity index is 1.73. The maximum Gasteiger partial charge on any atom is 0.234 e. The summed E-state index contributed by atoms with van der Waals surface area (Å²) in [5.41, 5.74) is 1.30. The Morgan fingerprint density at radius 3 is 2.48 bits per heavy atom. The van der Waals surface area contributed by atoms with Gasteiger partial charge in [0.25, 0.3) is 0 Å². The first-order valence-electron chi connectivity index (χ1n) is 7.65. The van der Waals surface area contributed by atoms with E-state index in [0.717, 1.165) is 32.7 Å². The van der Waals surface area contributed by atoms with Crippen LogP contribution in [-0.2, 0) is 4.79 Å². The van der Waals surface area contributed by atoms with Gasteiger partial charge in [-0.05, 0) is 26.1 Å². The van der Waals surface area contributed by atoms with Crippen LogP contribution in [-0.4, -0.2) is 63.2 Å². The van der Waals surface area contributed by atoms with Gasteiger partial charge in [0.2, 0.25) is 5.91 Å². The third kappa shape index (κ3) is 5.02. The molecule has 0 bridgehead atoms. The predicted molar refractivity (Wildman–Crippen MR) is 86.6 cm³/mol. The quantitative estimate of drug-likeness (QED) is 0.802. The van der Waals surface area contributed by atoms with E-state index < -0.39 is 0 Å². The Labute approximate surface area is 127 Å². The highest BCUT2D eigenvalue weighted by Crippen LogP contribution is 2.15. The van der Waals surface area contributed by atoms with Crippen LogP contribution in [0.4, 0.5) is 5.69 Å². The smallest absolute Gasteiger partial charge is 0.234 e. The number of hydrogen-bond donors (Lipinski definition) is 2. The highest BCUT2D eigenvalue weighted by Gasteiger charge is 2.19. The van der Waals surface area contributed by atoms with Gasteiger partial charge >= 0.3 is 0 Å². The fraction of sp³-hybridized carbons (Fsp3) is 0.562. The van der Waals surface area contributed by atoms with Crippen molar-refractivity contribution in [2.24, 2.45) is 0 Å². The van der Waals surface area contributed by atoms with Gasteiger partial charge in [-0.2, -0.15) is 0 Å². The Hall–Kier alpha value is -1.59. The fourth-order valence-electron chi connectivity index (χ4n) is 2.75. The van der Waals surface area contributed by atoms with Crippen molar-refractivity contribution in [2.75, 3.05) is 51.2 Å². The molecule has 1 amide bonds. The van der Waals surface area contributed by atoms with Crippen LogP contribution in [0.5, 0.6) is 0 Å². The van der Waals surface area contributed by atoms with E-state index in [4.69, 9.17) is 0 Å². The molecular formula is C16H26N4O. The molecule has 1 heterocycles. The number of rotatable bonds is 6. The zero-order chi connectivity index (χ0) is 15.1. The molecule has 2 rings (SSSR count). The topological polar surface area (TPSA) is 47.6 Å². The second-order valence-corrected chi connectivity index (χ2v) is 5.62. The minimum Gasteiger partial charge on any atom is -0.369 e. The number of likely N-dealkylation sites (N-methyl/N-ethyl adjacent to an activating group) is 1. The first kappa shape index (κ1) is 15.8. The molecule has 1 fully saturated rings. The lowest BCUT2D eigenvalue weighted by Gasteiger charge is -2.37. The Morgan fingerprint density at radius 1 is 1.19 bits per heavy atom. The third-order valence-corrected chi connectivity index (χ3v) is 3.77. The van der Waals surface area contributed by atoms with Gasteiger partial charge in [-0.3, -0.25) is 9.69 Å². The number of nitrogens with zero attached hydrogens (tertiary/aromatic N) is 2. The number of nitrogens with one attached hydrogen (secondary N) is 2. The van der Waals surface area contributed by atoms with E-state index in [9.17, 15) is 4.79 Å². The van der Waals surface area contributed by atoms with E-state index in [0.29, 0.717) is 6.54 Å². The van der Waals surface area contributed by atoms with Gasteiger partial charge in [-0.25, -0.2) is 0 Å². The molecule has 5 nitrogen and oxygen atoms in total. The molecule has 1 aliphatic rings. The lowest BCUT2D eigenvalue weighted by atomic mass is 10.2. The van der Waals surface area contributed by atoms with E-state index >= 15 is 0 Å². The summed E-state index contributed by atoms with van der Waals surface area (Å²) in [6, 6.07) is 10.7. The lowest BCUT2D eigenvalue weighted by molar-refractivity contribution is -0.120. The molecule has 1 aromatic rings. The predicted octanol–water partition coefficient (Wildman–Crippen LogP) is 0.533. The van der Waals surface area contributed by atoms with Crippen molar-refractivity contribution in [3.63, 3.8) is 0 Å². The highest BCUT2D eigenvalue weighted by atomic mass is 16.1. The summed E-state index contributed by atoms with van der Waals surface area (Å²) < 4.78 is 0. The summed E-state index contributed by atoms with van der Waals surface area (Å²) in [6.07, 6.45) is 0. The average Bonchev–Trinajstić information content (AvgIpc) is 2.49. The number of anilines is 1. The highest BCUT2D eigenvalue weighted by molar-refractivity contribution is 5.78. The molecule has 0 saturated carbocycles. The number of benzene rings is 1. The lowest BCUT2D eigenvalue weighted by Crippen LogP contribution is -2.51. The van der Waals surface area contributed by atoms with Gasteiger partial charge in [0.15, 0.2) is 0 Å². The third-order valence-electron chi connectivity index (χ3n) is 3.77. The molecule has 116 valence electrons. The van der Waals surface area contributed by atoms with Crippen molar-refractivity contribution >= 4 is 11.6 Å². The van der Waals surface area contributed by atoms with E-state index in [1.807, 2.05) is 0 Å². The summed E-state index contributed by atoms with van der Waals surface area (Å²) in [6.45, 7) is 7.53. The van der Waals surface area contributed by atoms with Crippen molar-refractivity contribution in [1.29, 1.82) is 0 Å². The van der Waals surface area contributed by atoms with Gasteiger partial charge < -0.3 is 15.5 Å². The van der Waals surface area contributed by atoms with Crippen LogP contribution in [0.15, 0.2) is 30.3 Å². The molecule has 1 aromatic carbocycles. The minimum absolute atomic E-state index is 0.0629. The van der Waals surface area contributed by atoms with Crippen LogP contribution >= 0.6 is 0 Å². The van der Waals surface area contributed by atoms with Crippen molar-refractivity contribution in [3.8, 4) is 0 Å². The van der Waals surface area contributed by atoms with Crippen molar-refractivity contribution in [2.45, 2.75) is 13.0 Å². The van der Waals surface area contributed by atoms with Crippen molar-refractivity contribution in [3.05, 3.63) is 30.3 Å². The number of hydrogen-bond acceptors (Lipinski definition) is 4. The van der Waals surface area contributed by atoms with Gasteiger partial charge in [0, 0.05) is 44.5 Å². The van der Waals surface area contributed by atoms with Gasteiger partial charge in [0.05, 0.1) is 6.54 Å². The van der Waals surface area contributed by atoms with Gasteiger partial charge in [-0.1, -0.05) is 18.2 Å². The van der Waals surface area contributed by atoms with E-state index in [2.05, 4.69) is 57.7 Å². The van der Waals surface area contributed by atoms with E-state index in [-0.39, 0.29) is 11.9 Å². The normalized spacial score (nSPS) is 17.5. The molecule has 2 N–H and O–H groups in total.